The van der Waals surface area contributed by atoms with Crippen molar-refractivity contribution >= 4 is 11.8 Å². The number of thioether (sulfide) groups is 1. The maximum Gasteiger partial charge on any atom is 0.0221 e. The van der Waals surface area contributed by atoms with E-state index in [-0.39, 0.29) is 0 Å². The Morgan fingerprint density at radius 2 is 1.88 bits per heavy atom. The molecule has 3 unspecified atom stereocenters. The largest absolute Gasteiger partial charge is 0.315 e. The molecule has 1 heterocycles. The van der Waals surface area contributed by atoms with Crippen molar-refractivity contribution in [2.45, 2.75) is 57.1 Å². The van der Waals surface area contributed by atoms with E-state index in [0.29, 0.717) is 0 Å². The van der Waals surface area contributed by atoms with Crippen LogP contribution in [0.15, 0.2) is 0 Å². The Balaban J connectivity index is 2.47. The first-order valence-corrected chi connectivity index (χ1v) is 7.71. The summed E-state index contributed by atoms with van der Waals surface area (Å²) in [6, 6.07) is 0.746. The molecule has 0 aromatic rings. The molecule has 1 fully saturated rings. The van der Waals surface area contributed by atoms with Crippen molar-refractivity contribution in [3.63, 3.8) is 0 Å². The monoisotopic (exact) mass is 244 g/mol. The standard InChI is InChI=1S/C13H28N2S/c1-5-7-13(8-14-6-2)15-9-11(3)16-12(4)10-15/h11-14H,5-10H2,1-4H3. The minimum atomic E-state index is 0.746. The quantitative estimate of drug-likeness (QED) is 0.773. The van der Waals surface area contributed by atoms with Crippen LogP contribution in [0, 0.1) is 0 Å². The van der Waals surface area contributed by atoms with Gasteiger partial charge in [-0.05, 0) is 13.0 Å². The van der Waals surface area contributed by atoms with Crippen LogP contribution in [0.1, 0.15) is 40.5 Å². The summed E-state index contributed by atoms with van der Waals surface area (Å²) >= 11 is 2.14. The Morgan fingerprint density at radius 3 is 2.38 bits per heavy atom. The van der Waals surface area contributed by atoms with Gasteiger partial charge in [0, 0.05) is 36.2 Å². The summed E-state index contributed by atoms with van der Waals surface area (Å²) < 4.78 is 0. The Morgan fingerprint density at radius 1 is 1.25 bits per heavy atom. The van der Waals surface area contributed by atoms with E-state index in [2.05, 4.69) is 49.7 Å². The third-order valence-electron chi connectivity index (χ3n) is 3.22. The third-order valence-corrected chi connectivity index (χ3v) is 4.44. The van der Waals surface area contributed by atoms with Crippen LogP contribution in [0.4, 0.5) is 0 Å². The lowest BCUT2D eigenvalue weighted by molar-refractivity contribution is 0.180. The third kappa shape index (κ3) is 4.64. The van der Waals surface area contributed by atoms with Crippen molar-refractivity contribution < 1.29 is 0 Å². The molecule has 0 spiro atoms. The number of likely N-dealkylation sites (N-methyl/N-ethyl adjacent to an activating group) is 1. The fourth-order valence-corrected chi connectivity index (χ4v) is 3.92. The molecule has 0 aromatic carbocycles. The first-order chi connectivity index (χ1) is 7.67. The molecule has 1 rings (SSSR count). The lowest BCUT2D eigenvalue weighted by Gasteiger charge is -2.40. The maximum atomic E-state index is 3.51. The molecule has 1 aliphatic heterocycles. The molecule has 2 nitrogen and oxygen atoms in total. The Kier molecular flexibility index (Phi) is 6.78. The van der Waals surface area contributed by atoms with Crippen LogP contribution in [0.3, 0.4) is 0 Å². The van der Waals surface area contributed by atoms with E-state index in [1.165, 1.54) is 25.9 Å². The molecule has 96 valence electrons. The molecule has 0 bridgehead atoms. The second-order valence-corrected chi connectivity index (χ2v) is 6.84. The summed E-state index contributed by atoms with van der Waals surface area (Å²) in [7, 11) is 0. The van der Waals surface area contributed by atoms with Crippen molar-refractivity contribution in [3.05, 3.63) is 0 Å². The molecule has 0 aromatic heterocycles. The van der Waals surface area contributed by atoms with Crippen LogP contribution in [-0.2, 0) is 0 Å². The highest BCUT2D eigenvalue weighted by molar-refractivity contribution is 8.00. The van der Waals surface area contributed by atoms with Crippen LogP contribution < -0.4 is 5.32 Å². The van der Waals surface area contributed by atoms with E-state index in [4.69, 9.17) is 0 Å². The van der Waals surface area contributed by atoms with Gasteiger partial charge in [0.2, 0.25) is 0 Å². The molecule has 16 heavy (non-hydrogen) atoms. The highest BCUT2D eigenvalue weighted by Gasteiger charge is 2.26. The van der Waals surface area contributed by atoms with E-state index >= 15 is 0 Å². The van der Waals surface area contributed by atoms with E-state index in [1.54, 1.807) is 0 Å². The molecule has 0 amide bonds. The lowest BCUT2D eigenvalue weighted by atomic mass is 10.1. The molecule has 0 saturated carbocycles. The number of hydrogen-bond donors (Lipinski definition) is 1. The zero-order valence-electron chi connectivity index (χ0n) is 11.3. The van der Waals surface area contributed by atoms with Crippen LogP contribution in [0.5, 0.6) is 0 Å². The summed E-state index contributed by atoms with van der Waals surface area (Å²) in [6.45, 7) is 14.0. The fourth-order valence-electron chi connectivity index (χ4n) is 2.57. The Bertz CT molecular complexity index is 177. The molecule has 0 aliphatic carbocycles. The van der Waals surface area contributed by atoms with Gasteiger partial charge in [0.1, 0.15) is 0 Å². The minimum absolute atomic E-state index is 0.746. The zero-order valence-corrected chi connectivity index (χ0v) is 12.1. The van der Waals surface area contributed by atoms with Crippen LogP contribution in [0.2, 0.25) is 0 Å². The summed E-state index contributed by atoms with van der Waals surface area (Å²) in [5.74, 6) is 0. The summed E-state index contributed by atoms with van der Waals surface area (Å²) in [6.07, 6.45) is 2.62. The summed E-state index contributed by atoms with van der Waals surface area (Å²) in [5, 5.41) is 5.10. The van der Waals surface area contributed by atoms with Gasteiger partial charge in [-0.15, -0.1) is 0 Å². The van der Waals surface area contributed by atoms with Gasteiger partial charge in [0.25, 0.3) is 0 Å². The van der Waals surface area contributed by atoms with Crippen LogP contribution in [-0.4, -0.2) is 47.6 Å². The molecule has 0 radical (unpaired) electrons. The highest BCUT2D eigenvalue weighted by atomic mass is 32.2. The first-order valence-electron chi connectivity index (χ1n) is 6.77. The van der Waals surface area contributed by atoms with E-state index in [1.807, 2.05) is 0 Å². The summed E-state index contributed by atoms with van der Waals surface area (Å²) in [4.78, 5) is 2.71. The van der Waals surface area contributed by atoms with E-state index in [9.17, 15) is 0 Å². The topological polar surface area (TPSA) is 15.3 Å². The first kappa shape index (κ1) is 14.3. The molecular formula is C13H28N2S. The number of nitrogens with zero attached hydrogens (tertiary/aromatic N) is 1. The number of rotatable bonds is 6. The number of nitrogens with one attached hydrogen (secondary N) is 1. The molecule has 1 aliphatic rings. The van der Waals surface area contributed by atoms with Gasteiger partial charge in [-0.1, -0.05) is 34.1 Å². The van der Waals surface area contributed by atoms with Crippen molar-refractivity contribution in [2.24, 2.45) is 0 Å². The minimum Gasteiger partial charge on any atom is -0.315 e. The van der Waals surface area contributed by atoms with Gasteiger partial charge in [-0.2, -0.15) is 11.8 Å². The van der Waals surface area contributed by atoms with Crippen molar-refractivity contribution in [2.75, 3.05) is 26.2 Å². The van der Waals surface area contributed by atoms with Gasteiger partial charge in [0.05, 0.1) is 0 Å². The molecular weight excluding hydrogens is 216 g/mol. The average molecular weight is 244 g/mol. The summed E-state index contributed by atoms with van der Waals surface area (Å²) in [5.41, 5.74) is 0. The second-order valence-electron chi connectivity index (χ2n) is 4.96. The Labute approximate surface area is 106 Å². The lowest BCUT2D eigenvalue weighted by Crippen LogP contribution is -2.50. The maximum absolute atomic E-state index is 3.51. The predicted molar refractivity (Wildman–Crippen MR) is 75.3 cm³/mol. The van der Waals surface area contributed by atoms with Gasteiger partial charge in [0.15, 0.2) is 0 Å². The number of hydrogen-bond acceptors (Lipinski definition) is 3. The Hall–Kier alpha value is 0.270. The van der Waals surface area contributed by atoms with Crippen LogP contribution in [0.25, 0.3) is 0 Å². The average Bonchev–Trinajstić information content (AvgIpc) is 2.22. The second kappa shape index (κ2) is 7.57. The van der Waals surface area contributed by atoms with Crippen LogP contribution >= 0.6 is 11.8 Å². The molecule has 1 N–H and O–H groups in total. The van der Waals surface area contributed by atoms with E-state index in [0.717, 1.165) is 29.6 Å². The van der Waals surface area contributed by atoms with Gasteiger partial charge >= 0.3 is 0 Å². The van der Waals surface area contributed by atoms with E-state index < -0.39 is 0 Å². The fraction of sp³-hybridized carbons (Fsp3) is 1.00. The van der Waals surface area contributed by atoms with Gasteiger partial charge in [-0.25, -0.2) is 0 Å². The molecule has 1 saturated heterocycles. The van der Waals surface area contributed by atoms with Crippen molar-refractivity contribution in [1.29, 1.82) is 0 Å². The molecule has 3 heteroatoms. The van der Waals surface area contributed by atoms with Gasteiger partial charge < -0.3 is 5.32 Å². The van der Waals surface area contributed by atoms with Crippen molar-refractivity contribution in [1.82, 2.24) is 10.2 Å². The van der Waals surface area contributed by atoms with Crippen molar-refractivity contribution in [3.8, 4) is 0 Å². The van der Waals surface area contributed by atoms with Gasteiger partial charge in [-0.3, -0.25) is 4.90 Å². The predicted octanol–water partition coefficient (Wildman–Crippen LogP) is 2.59. The normalized spacial score (nSPS) is 29.2. The highest BCUT2D eigenvalue weighted by Crippen LogP contribution is 2.26. The SMILES string of the molecule is CCCC(CNCC)N1CC(C)SC(C)C1. The zero-order chi connectivity index (χ0) is 12.0. The smallest absolute Gasteiger partial charge is 0.0221 e. The molecule has 3 atom stereocenters.